The number of unbranched alkanes of at least 4 members (excludes halogenated alkanes) is 1. The Bertz CT molecular complexity index is 425. The molecule has 0 bridgehead atoms. The van der Waals surface area contributed by atoms with Crippen LogP contribution in [-0.4, -0.2) is 0 Å². The fourth-order valence-electron chi connectivity index (χ4n) is 3.24. The van der Waals surface area contributed by atoms with E-state index >= 15 is 0 Å². The van der Waals surface area contributed by atoms with Gasteiger partial charge in [-0.1, -0.05) is 61.0 Å². The summed E-state index contributed by atoms with van der Waals surface area (Å²) < 4.78 is 26.8. The minimum absolute atomic E-state index is 0.00947. The van der Waals surface area contributed by atoms with Crippen LogP contribution in [0.2, 0.25) is 0 Å². The van der Waals surface area contributed by atoms with Crippen molar-refractivity contribution >= 4 is 15.9 Å². The number of halogens is 3. The number of alkyl halides is 1. The van der Waals surface area contributed by atoms with Gasteiger partial charge in [-0.05, 0) is 30.7 Å². The maximum Gasteiger partial charge on any atom is 0.130 e. The van der Waals surface area contributed by atoms with Crippen LogP contribution in [-0.2, 0) is 0 Å². The first kappa shape index (κ1) is 15.9. The third-order valence-electron chi connectivity index (χ3n) is 4.53. The third kappa shape index (κ3) is 4.03. The molecule has 112 valence electrons. The van der Waals surface area contributed by atoms with Gasteiger partial charge in [0.05, 0.1) is 0 Å². The molecule has 1 aliphatic rings. The van der Waals surface area contributed by atoms with Crippen molar-refractivity contribution in [2.45, 2.75) is 56.7 Å². The van der Waals surface area contributed by atoms with E-state index in [9.17, 15) is 8.78 Å². The second kappa shape index (κ2) is 7.53. The van der Waals surface area contributed by atoms with Crippen LogP contribution < -0.4 is 0 Å². The van der Waals surface area contributed by atoms with E-state index in [0.29, 0.717) is 11.5 Å². The molecule has 0 spiro atoms. The van der Waals surface area contributed by atoms with Crippen LogP contribution in [0.15, 0.2) is 18.2 Å². The molecule has 1 unspecified atom stereocenters. The fourth-order valence-corrected chi connectivity index (χ4v) is 4.14. The highest BCUT2D eigenvalue weighted by molar-refractivity contribution is 9.09. The maximum atomic E-state index is 13.8. The number of hydrogen-bond donors (Lipinski definition) is 0. The molecule has 1 aromatic rings. The smallest absolute Gasteiger partial charge is 0.130 e. The average Bonchev–Trinajstić information content (AvgIpc) is 2.45. The molecule has 0 N–H and O–H groups in total. The molecule has 20 heavy (non-hydrogen) atoms. The van der Waals surface area contributed by atoms with E-state index in [4.69, 9.17) is 0 Å². The van der Waals surface area contributed by atoms with Gasteiger partial charge in [-0.25, -0.2) is 8.78 Å². The Kier molecular flexibility index (Phi) is 6.01. The number of hydrogen-bond acceptors (Lipinski definition) is 0. The summed E-state index contributed by atoms with van der Waals surface area (Å²) in [5, 5.41) is 0. The molecule has 0 saturated heterocycles. The van der Waals surface area contributed by atoms with Gasteiger partial charge in [-0.2, -0.15) is 0 Å². The van der Waals surface area contributed by atoms with E-state index in [1.807, 2.05) is 0 Å². The van der Waals surface area contributed by atoms with Crippen molar-refractivity contribution in [2.75, 3.05) is 0 Å². The van der Waals surface area contributed by atoms with E-state index in [-0.39, 0.29) is 4.83 Å². The maximum absolute atomic E-state index is 13.8. The lowest BCUT2D eigenvalue weighted by Gasteiger charge is -2.31. The van der Waals surface area contributed by atoms with E-state index in [0.717, 1.165) is 24.8 Å². The summed E-state index contributed by atoms with van der Waals surface area (Å²) in [5.41, 5.74) is 0.600. The van der Waals surface area contributed by atoms with Crippen molar-refractivity contribution in [2.24, 2.45) is 11.8 Å². The zero-order valence-corrected chi connectivity index (χ0v) is 13.6. The van der Waals surface area contributed by atoms with Gasteiger partial charge in [0.15, 0.2) is 0 Å². The molecule has 1 fully saturated rings. The van der Waals surface area contributed by atoms with Crippen molar-refractivity contribution in [3.63, 3.8) is 0 Å². The Hall–Kier alpha value is -0.440. The van der Waals surface area contributed by atoms with Crippen LogP contribution in [0, 0.1) is 23.5 Å². The van der Waals surface area contributed by atoms with Gasteiger partial charge in [-0.15, -0.1) is 0 Å². The zero-order valence-electron chi connectivity index (χ0n) is 12.0. The Morgan fingerprint density at radius 2 is 1.90 bits per heavy atom. The topological polar surface area (TPSA) is 0 Å². The molecule has 0 aliphatic heterocycles. The molecule has 1 aliphatic carbocycles. The molecular formula is C17H23BrF2. The van der Waals surface area contributed by atoms with E-state index in [1.165, 1.54) is 38.2 Å². The largest absolute Gasteiger partial charge is 0.207 e. The predicted octanol–water partition coefficient (Wildman–Crippen LogP) is 6.40. The number of benzene rings is 1. The highest BCUT2D eigenvalue weighted by Gasteiger charge is 2.28. The molecule has 1 atom stereocenters. The SMILES string of the molecule is CCCCC1CCC(C(Br)c2ccc(F)cc2F)CC1. The molecule has 0 nitrogen and oxygen atoms in total. The van der Waals surface area contributed by atoms with Gasteiger partial charge in [0.25, 0.3) is 0 Å². The monoisotopic (exact) mass is 344 g/mol. The first-order valence-corrected chi connectivity index (χ1v) is 8.62. The molecule has 1 aromatic carbocycles. The standard InChI is InChI=1S/C17H23BrF2/c1-2-3-4-12-5-7-13(8-6-12)17(18)15-10-9-14(19)11-16(15)20/h9-13,17H,2-8H2,1H3. The number of rotatable bonds is 5. The van der Waals surface area contributed by atoms with Crippen LogP contribution in [0.25, 0.3) is 0 Å². The van der Waals surface area contributed by atoms with Crippen molar-refractivity contribution in [1.29, 1.82) is 0 Å². The highest BCUT2D eigenvalue weighted by Crippen LogP contribution is 2.43. The van der Waals surface area contributed by atoms with Gasteiger partial charge in [0.2, 0.25) is 0 Å². The van der Waals surface area contributed by atoms with Crippen LogP contribution >= 0.6 is 15.9 Å². The average molecular weight is 345 g/mol. The van der Waals surface area contributed by atoms with Crippen molar-refractivity contribution in [3.8, 4) is 0 Å². The summed E-state index contributed by atoms with van der Waals surface area (Å²) in [6, 6.07) is 3.91. The molecule has 0 heterocycles. The molecule has 0 amide bonds. The van der Waals surface area contributed by atoms with E-state index in [1.54, 1.807) is 6.07 Å². The van der Waals surface area contributed by atoms with Gasteiger partial charge in [-0.3, -0.25) is 0 Å². The summed E-state index contributed by atoms with van der Waals surface area (Å²) in [4.78, 5) is 0.00947. The quantitative estimate of drug-likeness (QED) is 0.542. The Morgan fingerprint density at radius 3 is 2.50 bits per heavy atom. The van der Waals surface area contributed by atoms with E-state index in [2.05, 4.69) is 22.9 Å². The Morgan fingerprint density at radius 1 is 1.20 bits per heavy atom. The normalized spacial score (nSPS) is 24.6. The lowest BCUT2D eigenvalue weighted by atomic mass is 9.77. The van der Waals surface area contributed by atoms with Crippen LogP contribution in [0.4, 0.5) is 8.78 Å². The van der Waals surface area contributed by atoms with Crippen LogP contribution in [0.5, 0.6) is 0 Å². The van der Waals surface area contributed by atoms with E-state index < -0.39 is 11.6 Å². The molecule has 1 saturated carbocycles. The van der Waals surface area contributed by atoms with Crippen molar-refractivity contribution in [3.05, 3.63) is 35.4 Å². The van der Waals surface area contributed by atoms with Crippen molar-refractivity contribution in [1.82, 2.24) is 0 Å². The second-order valence-corrected chi connectivity index (χ2v) is 6.98. The molecule has 2 rings (SSSR count). The minimum atomic E-state index is -0.505. The lowest BCUT2D eigenvalue weighted by Crippen LogP contribution is -2.18. The molecule has 3 heteroatoms. The third-order valence-corrected chi connectivity index (χ3v) is 5.77. The fraction of sp³-hybridized carbons (Fsp3) is 0.647. The molecule has 0 radical (unpaired) electrons. The van der Waals surface area contributed by atoms with Crippen LogP contribution in [0.1, 0.15) is 62.3 Å². The lowest BCUT2D eigenvalue weighted by molar-refractivity contribution is 0.256. The zero-order chi connectivity index (χ0) is 14.5. The molecular weight excluding hydrogens is 322 g/mol. The summed E-state index contributed by atoms with van der Waals surface area (Å²) in [7, 11) is 0. The summed E-state index contributed by atoms with van der Waals surface area (Å²) in [5.74, 6) is 0.381. The van der Waals surface area contributed by atoms with Gasteiger partial charge in [0, 0.05) is 16.5 Å². The second-order valence-electron chi connectivity index (χ2n) is 5.99. The highest BCUT2D eigenvalue weighted by atomic mass is 79.9. The summed E-state index contributed by atoms with van der Waals surface area (Å²) >= 11 is 3.63. The van der Waals surface area contributed by atoms with Gasteiger partial charge >= 0.3 is 0 Å². The summed E-state index contributed by atoms with van der Waals surface area (Å²) in [6.45, 7) is 2.23. The first-order chi connectivity index (χ1) is 9.61. The Labute approximate surface area is 129 Å². The van der Waals surface area contributed by atoms with Gasteiger partial charge < -0.3 is 0 Å². The Balaban J connectivity index is 1.92. The minimum Gasteiger partial charge on any atom is -0.207 e. The predicted molar refractivity (Wildman–Crippen MR) is 83.0 cm³/mol. The summed E-state index contributed by atoms with van der Waals surface area (Å²) in [6.07, 6.45) is 8.69. The van der Waals surface area contributed by atoms with Crippen molar-refractivity contribution < 1.29 is 8.78 Å². The first-order valence-electron chi connectivity index (χ1n) is 7.70. The molecule has 0 aromatic heterocycles. The van der Waals surface area contributed by atoms with Gasteiger partial charge in [0.1, 0.15) is 11.6 Å². The van der Waals surface area contributed by atoms with Crippen LogP contribution in [0.3, 0.4) is 0 Å².